The number of hydrogen-bond acceptors (Lipinski definition) is 4. The highest BCUT2D eigenvalue weighted by atomic mass is 19.1. The first-order chi connectivity index (χ1) is 11.1. The van der Waals surface area contributed by atoms with Crippen LogP contribution in [0.15, 0.2) is 36.9 Å². The first kappa shape index (κ1) is 15.6. The van der Waals surface area contributed by atoms with Gasteiger partial charge in [-0.25, -0.2) is 19.8 Å². The van der Waals surface area contributed by atoms with Gasteiger partial charge in [-0.2, -0.15) is 0 Å². The molecule has 1 aliphatic carbocycles. The predicted molar refractivity (Wildman–Crippen MR) is 81.4 cm³/mol. The maximum Gasteiger partial charge on any atom is 0.254 e. The minimum absolute atomic E-state index is 0.0937. The number of hydroxylamine groups is 1. The second-order valence-corrected chi connectivity index (χ2v) is 6.05. The lowest BCUT2D eigenvalue weighted by molar-refractivity contribution is -0.135. The molecule has 5 nitrogen and oxygen atoms in total. The summed E-state index contributed by atoms with van der Waals surface area (Å²) in [5, 5.41) is 9.22. The zero-order chi connectivity index (χ0) is 16.4. The average Bonchev–Trinajstić information content (AvgIpc) is 3.04. The molecule has 1 aliphatic rings. The van der Waals surface area contributed by atoms with E-state index >= 15 is 0 Å². The summed E-state index contributed by atoms with van der Waals surface area (Å²) in [6, 6.07) is 4.74. The number of carbonyl (C=O) groups excluding carboxylic acids is 1. The van der Waals surface area contributed by atoms with Crippen LogP contribution in [0.2, 0.25) is 0 Å². The van der Waals surface area contributed by atoms with Crippen molar-refractivity contribution in [3.63, 3.8) is 0 Å². The van der Waals surface area contributed by atoms with Crippen molar-refractivity contribution in [3.8, 4) is 0 Å². The van der Waals surface area contributed by atoms with Crippen LogP contribution in [0.3, 0.4) is 0 Å². The van der Waals surface area contributed by atoms with Crippen LogP contribution in [0, 0.1) is 12.7 Å². The summed E-state index contributed by atoms with van der Waals surface area (Å²) in [7, 11) is 0. The van der Waals surface area contributed by atoms with Gasteiger partial charge in [0, 0.05) is 12.4 Å². The van der Waals surface area contributed by atoms with Crippen molar-refractivity contribution < 1.29 is 14.4 Å². The van der Waals surface area contributed by atoms with Crippen molar-refractivity contribution in [2.45, 2.75) is 37.5 Å². The third kappa shape index (κ3) is 2.59. The van der Waals surface area contributed by atoms with Gasteiger partial charge >= 0.3 is 0 Å². The molecule has 1 amide bonds. The maximum absolute atomic E-state index is 14.0. The van der Waals surface area contributed by atoms with Gasteiger partial charge in [-0.15, -0.1) is 0 Å². The quantitative estimate of drug-likeness (QED) is 0.674. The molecule has 23 heavy (non-hydrogen) atoms. The van der Waals surface area contributed by atoms with Crippen molar-refractivity contribution in [1.29, 1.82) is 0 Å². The maximum atomic E-state index is 14.0. The van der Waals surface area contributed by atoms with Gasteiger partial charge in [0.15, 0.2) is 0 Å². The normalized spacial score (nSPS) is 23.7. The van der Waals surface area contributed by atoms with E-state index in [1.54, 1.807) is 36.9 Å². The van der Waals surface area contributed by atoms with E-state index in [1.165, 1.54) is 12.4 Å². The molecule has 0 unspecified atom stereocenters. The number of amides is 1. The molecular formula is C17H18FN3O2. The molecule has 1 heterocycles. The molecule has 0 spiro atoms. The van der Waals surface area contributed by atoms with Crippen LogP contribution >= 0.6 is 0 Å². The Balaban J connectivity index is 2.03. The number of halogens is 1. The second kappa shape index (κ2) is 6.04. The molecule has 0 radical (unpaired) electrons. The third-order valence-electron chi connectivity index (χ3n) is 4.89. The van der Waals surface area contributed by atoms with E-state index in [2.05, 4.69) is 9.97 Å². The zero-order valence-corrected chi connectivity index (χ0v) is 12.8. The summed E-state index contributed by atoms with van der Waals surface area (Å²) in [5.74, 6) is -0.749. The van der Waals surface area contributed by atoms with Gasteiger partial charge in [-0.3, -0.25) is 10.0 Å². The Morgan fingerprint density at radius 3 is 2.83 bits per heavy atom. The van der Waals surface area contributed by atoms with Crippen molar-refractivity contribution in [1.82, 2.24) is 15.4 Å². The lowest BCUT2D eigenvalue weighted by Crippen LogP contribution is -2.42. The summed E-state index contributed by atoms with van der Waals surface area (Å²) < 4.78 is 14.0. The minimum atomic E-state index is -0.943. The number of hydrogen-bond donors (Lipinski definition) is 2. The molecule has 2 atom stereocenters. The predicted octanol–water partition coefficient (Wildman–Crippen LogP) is 2.64. The molecular weight excluding hydrogens is 297 g/mol. The molecule has 2 aromatic rings. The monoisotopic (exact) mass is 315 g/mol. The summed E-state index contributed by atoms with van der Waals surface area (Å²) in [5.41, 5.74) is 2.86. The molecule has 1 aromatic carbocycles. The van der Waals surface area contributed by atoms with Crippen LogP contribution in [0.5, 0.6) is 0 Å². The van der Waals surface area contributed by atoms with Gasteiger partial charge in [0.1, 0.15) is 12.1 Å². The van der Waals surface area contributed by atoms with Gasteiger partial charge in [0.2, 0.25) is 0 Å². The van der Waals surface area contributed by atoms with Crippen LogP contribution in [0.25, 0.3) is 0 Å². The van der Waals surface area contributed by atoms with E-state index in [0.717, 1.165) is 12.0 Å². The number of nitrogens with one attached hydrogen (secondary N) is 1. The average molecular weight is 315 g/mol. The lowest BCUT2D eigenvalue weighted by Gasteiger charge is -2.29. The van der Waals surface area contributed by atoms with Gasteiger partial charge < -0.3 is 0 Å². The fraction of sp³-hybridized carbons (Fsp3) is 0.353. The molecule has 6 heteroatoms. The van der Waals surface area contributed by atoms with Gasteiger partial charge in [-0.05, 0) is 54.9 Å². The van der Waals surface area contributed by atoms with Crippen molar-refractivity contribution >= 4 is 5.91 Å². The van der Waals surface area contributed by atoms with Gasteiger partial charge in [0.05, 0.1) is 5.41 Å². The summed E-state index contributed by atoms with van der Waals surface area (Å²) >= 11 is 0. The lowest BCUT2D eigenvalue weighted by atomic mass is 9.75. The number of benzene rings is 1. The number of carbonyl (C=O) groups is 1. The Morgan fingerprint density at radius 2 is 2.13 bits per heavy atom. The Morgan fingerprint density at radius 1 is 1.39 bits per heavy atom. The zero-order valence-electron chi connectivity index (χ0n) is 12.8. The Kier molecular flexibility index (Phi) is 4.09. The fourth-order valence-electron chi connectivity index (χ4n) is 3.66. The summed E-state index contributed by atoms with van der Waals surface area (Å²) in [6.07, 6.45) is 6.70. The van der Waals surface area contributed by atoms with Crippen molar-refractivity contribution in [3.05, 3.63) is 59.4 Å². The van der Waals surface area contributed by atoms with Crippen LogP contribution in [0.4, 0.5) is 4.39 Å². The molecule has 1 aromatic heterocycles. The highest BCUT2D eigenvalue weighted by molar-refractivity contribution is 5.88. The van der Waals surface area contributed by atoms with E-state index in [-0.39, 0.29) is 11.7 Å². The van der Waals surface area contributed by atoms with Crippen molar-refractivity contribution in [2.75, 3.05) is 0 Å². The van der Waals surface area contributed by atoms with E-state index in [9.17, 15) is 14.4 Å². The van der Waals surface area contributed by atoms with Crippen LogP contribution in [-0.4, -0.2) is 21.1 Å². The minimum Gasteiger partial charge on any atom is -0.289 e. The number of aromatic nitrogens is 2. The summed E-state index contributed by atoms with van der Waals surface area (Å²) in [4.78, 5) is 20.5. The molecule has 0 aliphatic heterocycles. The molecule has 2 N–H and O–H groups in total. The Hall–Kier alpha value is -2.34. The van der Waals surface area contributed by atoms with Gasteiger partial charge in [-0.1, -0.05) is 12.1 Å². The summed E-state index contributed by atoms with van der Waals surface area (Å²) in [6.45, 7) is 1.66. The van der Waals surface area contributed by atoms with E-state index in [0.29, 0.717) is 24.0 Å². The highest BCUT2D eigenvalue weighted by Gasteiger charge is 2.48. The Bertz CT molecular complexity index is 723. The topological polar surface area (TPSA) is 75.1 Å². The molecule has 120 valence electrons. The first-order valence-corrected chi connectivity index (χ1v) is 7.53. The molecule has 1 saturated carbocycles. The first-order valence-electron chi connectivity index (χ1n) is 7.53. The molecule has 1 fully saturated rings. The molecule has 0 bridgehead atoms. The molecule has 3 rings (SSSR count). The van der Waals surface area contributed by atoms with Crippen LogP contribution in [0.1, 0.15) is 41.9 Å². The smallest absolute Gasteiger partial charge is 0.254 e. The standard InChI is InChI=1S/C17H18FN3O2/c1-11-14(3-2-4-15(11)18)17(16(22)21-23)6-5-12(7-17)13-8-19-10-20-9-13/h2-4,8-10,12,23H,5-7H2,1H3,(H,21,22)/t12-,17-/m0/s1. The molecule has 0 saturated heterocycles. The highest BCUT2D eigenvalue weighted by Crippen LogP contribution is 2.49. The van der Waals surface area contributed by atoms with E-state index in [4.69, 9.17) is 0 Å². The number of rotatable bonds is 3. The Labute approximate surface area is 133 Å². The van der Waals surface area contributed by atoms with E-state index < -0.39 is 11.3 Å². The van der Waals surface area contributed by atoms with Crippen molar-refractivity contribution in [2.24, 2.45) is 0 Å². The fourth-order valence-corrected chi connectivity index (χ4v) is 3.66. The van der Waals surface area contributed by atoms with Crippen LogP contribution < -0.4 is 5.48 Å². The second-order valence-electron chi connectivity index (χ2n) is 6.05. The SMILES string of the molecule is Cc1c(F)cccc1[C@]1(C(=O)NO)CC[C@H](c2cncnc2)C1. The third-order valence-corrected chi connectivity index (χ3v) is 4.89. The largest absolute Gasteiger partial charge is 0.289 e. The van der Waals surface area contributed by atoms with E-state index in [1.807, 2.05) is 0 Å². The number of nitrogens with zero attached hydrogens (tertiary/aromatic N) is 2. The van der Waals surface area contributed by atoms with Crippen LogP contribution in [-0.2, 0) is 10.2 Å². The van der Waals surface area contributed by atoms with Gasteiger partial charge in [0.25, 0.3) is 5.91 Å².